The molecule has 1 aromatic carbocycles. The van der Waals surface area contributed by atoms with Gasteiger partial charge in [-0.15, -0.1) is 0 Å². The molecule has 0 aliphatic carbocycles. The lowest BCUT2D eigenvalue weighted by Gasteiger charge is -2.08. The second kappa shape index (κ2) is 4.23. The van der Waals surface area contributed by atoms with E-state index in [1.54, 1.807) is 0 Å². The van der Waals surface area contributed by atoms with Gasteiger partial charge in [-0.25, -0.2) is 5.90 Å². The van der Waals surface area contributed by atoms with E-state index < -0.39 is 0 Å². The Kier molecular flexibility index (Phi) is 2.95. The van der Waals surface area contributed by atoms with Gasteiger partial charge in [-0.3, -0.25) is 0 Å². The third-order valence-corrected chi connectivity index (χ3v) is 2.79. The molecule has 1 atom stereocenters. The maximum absolute atomic E-state index is 5.90. The summed E-state index contributed by atoms with van der Waals surface area (Å²) in [4.78, 5) is 7.85. The van der Waals surface area contributed by atoms with Gasteiger partial charge in [-0.2, -0.15) is 0 Å². The van der Waals surface area contributed by atoms with Gasteiger partial charge >= 0.3 is 0 Å². The van der Waals surface area contributed by atoms with E-state index in [0.717, 1.165) is 10.5 Å². The number of halogens is 1. The van der Waals surface area contributed by atoms with Crippen LogP contribution in [0.2, 0.25) is 5.02 Å². The number of aromatic amines is 1. The van der Waals surface area contributed by atoms with Crippen LogP contribution in [0.15, 0.2) is 24.4 Å². The van der Waals surface area contributed by atoms with E-state index in [-0.39, 0.29) is 5.92 Å². The molecule has 2 aromatic rings. The fourth-order valence-corrected chi connectivity index (χ4v) is 1.93. The lowest BCUT2D eigenvalue weighted by atomic mass is 10.0. The molecule has 3 N–H and O–H groups in total. The molecule has 0 fully saturated rings. The number of benzene rings is 1. The number of rotatable bonds is 3. The lowest BCUT2D eigenvalue weighted by molar-refractivity contribution is 0.127. The van der Waals surface area contributed by atoms with Gasteiger partial charge in [0.05, 0.1) is 6.61 Å². The van der Waals surface area contributed by atoms with Gasteiger partial charge in [0.15, 0.2) is 0 Å². The molecule has 0 aliphatic rings. The van der Waals surface area contributed by atoms with Crippen molar-refractivity contribution in [2.45, 2.75) is 12.8 Å². The Labute approximate surface area is 93.1 Å². The van der Waals surface area contributed by atoms with Crippen molar-refractivity contribution in [3.05, 3.63) is 35.0 Å². The monoisotopic (exact) mass is 224 g/mol. The Morgan fingerprint density at radius 3 is 3.07 bits per heavy atom. The summed E-state index contributed by atoms with van der Waals surface area (Å²) < 4.78 is 0. The maximum Gasteiger partial charge on any atom is 0.0745 e. The van der Waals surface area contributed by atoms with Gasteiger partial charge in [-0.1, -0.05) is 24.6 Å². The molecule has 0 aliphatic heterocycles. The highest BCUT2D eigenvalue weighted by molar-refractivity contribution is 6.31. The quantitative estimate of drug-likeness (QED) is 0.788. The number of hydrogen-bond acceptors (Lipinski definition) is 2. The molecular formula is C11H13ClN2O. The maximum atomic E-state index is 5.90. The zero-order valence-corrected chi connectivity index (χ0v) is 9.21. The minimum absolute atomic E-state index is 0.268. The Morgan fingerprint density at radius 1 is 1.53 bits per heavy atom. The summed E-state index contributed by atoms with van der Waals surface area (Å²) >= 11 is 5.90. The van der Waals surface area contributed by atoms with Gasteiger partial charge in [-0.05, 0) is 17.7 Å². The molecule has 0 radical (unpaired) electrons. The van der Waals surface area contributed by atoms with Gasteiger partial charge in [0, 0.05) is 28.0 Å². The largest absolute Gasteiger partial charge is 0.361 e. The number of aromatic nitrogens is 1. The predicted octanol–water partition coefficient (Wildman–Crippen LogP) is 2.82. The van der Waals surface area contributed by atoms with Crippen LogP contribution in [-0.4, -0.2) is 11.6 Å². The molecule has 4 heteroatoms. The summed E-state index contributed by atoms with van der Waals surface area (Å²) in [6.07, 6.45) is 1.98. The Bertz CT molecular complexity index is 467. The van der Waals surface area contributed by atoms with Crippen LogP contribution in [0.3, 0.4) is 0 Å². The SMILES string of the molecule is CC(CON)c1c[nH]c2cc(Cl)ccc12. The molecular weight excluding hydrogens is 212 g/mol. The minimum atomic E-state index is 0.268. The molecule has 0 spiro atoms. The Hall–Kier alpha value is -1.03. The van der Waals surface area contributed by atoms with Gasteiger partial charge in [0.2, 0.25) is 0 Å². The molecule has 1 heterocycles. The van der Waals surface area contributed by atoms with Gasteiger partial charge in [0.25, 0.3) is 0 Å². The molecule has 2 rings (SSSR count). The van der Waals surface area contributed by atoms with Crippen molar-refractivity contribution in [1.82, 2.24) is 4.98 Å². The number of nitrogens with one attached hydrogen (secondary N) is 1. The molecule has 15 heavy (non-hydrogen) atoms. The van der Waals surface area contributed by atoms with Crippen LogP contribution in [0, 0.1) is 0 Å². The van der Waals surface area contributed by atoms with E-state index in [9.17, 15) is 0 Å². The van der Waals surface area contributed by atoms with E-state index in [4.69, 9.17) is 17.5 Å². The third kappa shape index (κ3) is 2.00. The number of fused-ring (bicyclic) bond motifs is 1. The van der Waals surface area contributed by atoms with Crippen LogP contribution < -0.4 is 5.90 Å². The second-order valence-corrected chi connectivity index (χ2v) is 4.10. The van der Waals surface area contributed by atoms with Crippen molar-refractivity contribution >= 4 is 22.5 Å². The van der Waals surface area contributed by atoms with Crippen LogP contribution in [0.25, 0.3) is 10.9 Å². The van der Waals surface area contributed by atoms with Crippen molar-refractivity contribution in [3.8, 4) is 0 Å². The first-order valence-electron chi connectivity index (χ1n) is 4.80. The summed E-state index contributed by atoms with van der Waals surface area (Å²) in [5, 5.41) is 1.91. The van der Waals surface area contributed by atoms with E-state index in [2.05, 4.69) is 16.7 Å². The van der Waals surface area contributed by atoms with Crippen LogP contribution >= 0.6 is 11.6 Å². The summed E-state index contributed by atoms with van der Waals surface area (Å²) in [7, 11) is 0. The molecule has 0 bridgehead atoms. The highest BCUT2D eigenvalue weighted by Crippen LogP contribution is 2.27. The Balaban J connectivity index is 2.44. The van der Waals surface area contributed by atoms with Crippen LogP contribution in [0.5, 0.6) is 0 Å². The molecule has 0 amide bonds. The fourth-order valence-electron chi connectivity index (χ4n) is 1.76. The van der Waals surface area contributed by atoms with Crippen molar-refractivity contribution in [2.75, 3.05) is 6.61 Å². The third-order valence-electron chi connectivity index (χ3n) is 2.55. The topological polar surface area (TPSA) is 51.0 Å². The smallest absolute Gasteiger partial charge is 0.0745 e. The van der Waals surface area contributed by atoms with Crippen LogP contribution in [-0.2, 0) is 4.84 Å². The van der Waals surface area contributed by atoms with E-state index >= 15 is 0 Å². The van der Waals surface area contributed by atoms with E-state index in [1.807, 2.05) is 24.4 Å². The molecule has 80 valence electrons. The zero-order valence-electron chi connectivity index (χ0n) is 8.46. The molecule has 0 saturated heterocycles. The standard InChI is InChI=1S/C11H13ClN2O/c1-7(6-15-13)10-5-14-11-4-8(12)2-3-9(10)11/h2-5,7,14H,6,13H2,1H3. The lowest BCUT2D eigenvalue weighted by Crippen LogP contribution is -2.07. The minimum Gasteiger partial charge on any atom is -0.361 e. The first-order chi connectivity index (χ1) is 7.22. The summed E-state index contributed by atoms with van der Waals surface area (Å²) in [5.41, 5.74) is 2.24. The zero-order chi connectivity index (χ0) is 10.8. The van der Waals surface area contributed by atoms with E-state index in [1.165, 1.54) is 10.9 Å². The first kappa shape index (κ1) is 10.5. The summed E-state index contributed by atoms with van der Waals surface area (Å²) in [6.45, 7) is 2.58. The van der Waals surface area contributed by atoms with Crippen LogP contribution in [0.1, 0.15) is 18.4 Å². The van der Waals surface area contributed by atoms with Crippen LogP contribution in [0.4, 0.5) is 0 Å². The average Bonchev–Trinajstić information content (AvgIpc) is 2.60. The molecule has 3 nitrogen and oxygen atoms in total. The number of H-pyrrole nitrogens is 1. The summed E-state index contributed by atoms with van der Waals surface area (Å²) in [6, 6.07) is 5.81. The molecule has 0 saturated carbocycles. The number of nitrogens with two attached hydrogens (primary N) is 1. The van der Waals surface area contributed by atoms with Crippen molar-refractivity contribution in [1.29, 1.82) is 0 Å². The summed E-state index contributed by atoms with van der Waals surface area (Å²) in [5.74, 6) is 5.34. The van der Waals surface area contributed by atoms with E-state index in [0.29, 0.717) is 6.61 Å². The average molecular weight is 225 g/mol. The highest BCUT2D eigenvalue weighted by Gasteiger charge is 2.11. The molecule has 1 aromatic heterocycles. The van der Waals surface area contributed by atoms with Gasteiger partial charge in [0.1, 0.15) is 0 Å². The second-order valence-electron chi connectivity index (χ2n) is 3.67. The predicted molar refractivity (Wildman–Crippen MR) is 61.9 cm³/mol. The highest BCUT2D eigenvalue weighted by atomic mass is 35.5. The van der Waals surface area contributed by atoms with Crippen molar-refractivity contribution in [2.24, 2.45) is 5.90 Å². The van der Waals surface area contributed by atoms with Gasteiger partial charge < -0.3 is 9.82 Å². The van der Waals surface area contributed by atoms with Crippen molar-refractivity contribution in [3.63, 3.8) is 0 Å². The Morgan fingerprint density at radius 2 is 2.33 bits per heavy atom. The fraction of sp³-hybridized carbons (Fsp3) is 0.273. The van der Waals surface area contributed by atoms with Crippen molar-refractivity contribution < 1.29 is 4.84 Å². The number of hydrogen-bond donors (Lipinski definition) is 2. The molecule has 1 unspecified atom stereocenters. The normalized spacial score (nSPS) is 13.3. The first-order valence-corrected chi connectivity index (χ1v) is 5.18.